The van der Waals surface area contributed by atoms with Crippen molar-refractivity contribution in [3.63, 3.8) is 0 Å². The molecular weight excluding hydrogens is 340 g/mol. The number of nitrogens with zero attached hydrogens (tertiary/aromatic N) is 1. The van der Waals surface area contributed by atoms with Gasteiger partial charge in [-0.3, -0.25) is 4.79 Å². The van der Waals surface area contributed by atoms with Crippen LogP contribution >= 0.6 is 11.8 Å². The van der Waals surface area contributed by atoms with Gasteiger partial charge in [-0.1, -0.05) is 0 Å². The molecule has 25 heavy (non-hydrogen) atoms. The van der Waals surface area contributed by atoms with E-state index in [1.807, 2.05) is 6.07 Å². The van der Waals surface area contributed by atoms with Crippen LogP contribution < -0.4 is 14.8 Å². The average molecular weight is 356 g/mol. The summed E-state index contributed by atoms with van der Waals surface area (Å²) in [5, 5.41) is 12.5. The minimum atomic E-state index is -0.222. The molecule has 0 saturated carbocycles. The normalized spacial score (nSPS) is 17.0. The lowest BCUT2D eigenvalue weighted by Gasteiger charge is -2.07. The average Bonchev–Trinajstić information content (AvgIpc) is 2.96. The number of benzene rings is 2. The minimum Gasteiger partial charge on any atom is -0.508 e. The summed E-state index contributed by atoms with van der Waals surface area (Å²) in [6.07, 6.45) is 1.75. The van der Waals surface area contributed by atoms with E-state index in [2.05, 4.69) is 10.3 Å². The summed E-state index contributed by atoms with van der Waals surface area (Å²) in [6.45, 7) is 0. The summed E-state index contributed by atoms with van der Waals surface area (Å²) >= 11 is 1.24. The Morgan fingerprint density at radius 2 is 1.88 bits per heavy atom. The number of aliphatic imine (C=N–C) groups is 1. The molecule has 2 aromatic carbocycles. The van der Waals surface area contributed by atoms with Crippen LogP contribution in [0.3, 0.4) is 0 Å². The molecule has 0 spiro atoms. The van der Waals surface area contributed by atoms with Gasteiger partial charge in [-0.25, -0.2) is 4.99 Å². The Kier molecular flexibility index (Phi) is 4.95. The van der Waals surface area contributed by atoms with Gasteiger partial charge < -0.3 is 19.9 Å². The zero-order valence-electron chi connectivity index (χ0n) is 13.6. The van der Waals surface area contributed by atoms with Gasteiger partial charge in [0.2, 0.25) is 0 Å². The van der Waals surface area contributed by atoms with Gasteiger partial charge in [-0.05, 0) is 54.2 Å². The van der Waals surface area contributed by atoms with Gasteiger partial charge in [0.15, 0.2) is 5.17 Å². The first-order valence-electron chi connectivity index (χ1n) is 7.39. The molecule has 1 heterocycles. The van der Waals surface area contributed by atoms with Crippen molar-refractivity contribution in [1.29, 1.82) is 0 Å². The molecular formula is C18H16N2O4S. The number of nitrogens with one attached hydrogen (secondary N) is 1. The Morgan fingerprint density at radius 1 is 1.12 bits per heavy atom. The maximum absolute atomic E-state index is 12.2. The van der Waals surface area contributed by atoms with Crippen molar-refractivity contribution >= 4 is 34.6 Å². The van der Waals surface area contributed by atoms with E-state index in [4.69, 9.17) is 9.47 Å². The fourth-order valence-electron chi connectivity index (χ4n) is 2.20. The second-order valence-electron chi connectivity index (χ2n) is 5.11. The monoisotopic (exact) mass is 356 g/mol. The number of carbonyl (C=O) groups is 1. The second kappa shape index (κ2) is 7.31. The van der Waals surface area contributed by atoms with Gasteiger partial charge >= 0.3 is 0 Å². The number of thioether (sulfide) groups is 1. The highest BCUT2D eigenvalue weighted by atomic mass is 32.2. The lowest BCUT2D eigenvalue weighted by molar-refractivity contribution is -0.115. The Hall–Kier alpha value is -2.93. The number of amidine groups is 1. The second-order valence-corrected chi connectivity index (χ2v) is 6.14. The lowest BCUT2D eigenvalue weighted by atomic mass is 10.1. The van der Waals surface area contributed by atoms with Crippen molar-refractivity contribution in [2.75, 3.05) is 14.2 Å². The minimum absolute atomic E-state index is 0.166. The van der Waals surface area contributed by atoms with Crippen molar-refractivity contribution in [2.45, 2.75) is 0 Å². The summed E-state index contributed by atoms with van der Waals surface area (Å²) in [5.74, 6) is 1.24. The van der Waals surface area contributed by atoms with Crippen LogP contribution in [0.25, 0.3) is 6.08 Å². The van der Waals surface area contributed by atoms with Crippen molar-refractivity contribution in [2.24, 2.45) is 4.99 Å². The van der Waals surface area contributed by atoms with Gasteiger partial charge in [0.1, 0.15) is 17.2 Å². The van der Waals surface area contributed by atoms with E-state index < -0.39 is 0 Å². The molecule has 0 atom stereocenters. The van der Waals surface area contributed by atoms with Gasteiger partial charge in [-0.2, -0.15) is 0 Å². The van der Waals surface area contributed by atoms with Crippen molar-refractivity contribution < 1.29 is 19.4 Å². The summed E-state index contributed by atoms with van der Waals surface area (Å²) in [6, 6.07) is 11.8. The van der Waals surface area contributed by atoms with E-state index in [9.17, 15) is 9.90 Å². The van der Waals surface area contributed by atoms with E-state index in [1.165, 1.54) is 11.8 Å². The molecule has 2 aromatic rings. The van der Waals surface area contributed by atoms with Gasteiger partial charge in [0, 0.05) is 11.6 Å². The van der Waals surface area contributed by atoms with Crippen molar-refractivity contribution in [1.82, 2.24) is 5.32 Å². The Bertz CT molecular complexity index is 860. The number of rotatable bonds is 4. The number of hydrogen-bond acceptors (Lipinski definition) is 6. The zero-order valence-corrected chi connectivity index (χ0v) is 14.5. The number of phenolic OH excluding ortho intramolecular Hbond substituents is 1. The van der Waals surface area contributed by atoms with E-state index in [1.54, 1.807) is 56.7 Å². The standard InChI is InChI=1S/C18H16N2O4S/c1-23-14-8-3-11(15(10-14)24-2)9-16-17(22)20-18(25-16)19-12-4-6-13(21)7-5-12/h3-10,21H,1-2H3,(H,19,20,22). The first-order valence-corrected chi connectivity index (χ1v) is 8.21. The zero-order chi connectivity index (χ0) is 17.8. The molecule has 0 unspecified atom stereocenters. The number of phenols is 1. The SMILES string of the molecule is COc1ccc(C=C2SC(=Nc3ccc(O)cc3)NC2=O)c(OC)c1. The highest BCUT2D eigenvalue weighted by Crippen LogP contribution is 2.32. The molecule has 7 heteroatoms. The molecule has 1 amide bonds. The van der Waals surface area contributed by atoms with Crippen LogP contribution in [0.5, 0.6) is 17.2 Å². The summed E-state index contributed by atoms with van der Waals surface area (Å²) in [4.78, 5) is 17.0. The number of ether oxygens (including phenoxy) is 2. The van der Waals surface area contributed by atoms with Crippen LogP contribution in [0.15, 0.2) is 52.4 Å². The van der Waals surface area contributed by atoms with Crippen LogP contribution in [0.2, 0.25) is 0 Å². The quantitative estimate of drug-likeness (QED) is 0.822. The van der Waals surface area contributed by atoms with E-state index >= 15 is 0 Å². The maximum Gasteiger partial charge on any atom is 0.264 e. The Morgan fingerprint density at radius 3 is 2.56 bits per heavy atom. The summed E-state index contributed by atoms with van der Waals surface area (Å²) < 4.78 is 10.5. The van der Waals surface area contributed by atoms with Gasteiger partial charge in [0.05, 0.1) is 24.8 Å². The Labute approximate surface area is 149 Å². The van der Waals surface area contributed by atoms with E-state index in [-0.39, 0.29) is 11.7 Å². The van der Waals surface area contributed by atoms with E-state index in [0.29, 0.717) is 27.3 Å². The summed E-state index contributed by atoms with van der Waals surface area (Å²) in [7, 11) is 3.15. The summed E-state index contributed by atoms with van der Waals surface area (Å²) in [5.41, 5.74) is 1.41. The topological polar surface area (TPSA) is 80.2 Å². The first kappa shape index (κ1) is 16.9. The van der Waals surface area contributed by atoms with Crippen molar-refractivity contribution in [3.8, 4) is 17.2 Å². The number of aromatic hydroxyl groups is 1. The first-order chi connectivity index (χ1) is 12.1. The fourth-order valence-corrected chi connectivity index (χ4v) is 3.04. The fraction of sp³-hybridized carbons (Fsp3) is 0.111. The maximum atomic E-state index is 12.2. The predicted molar refractivity (Wildman–Crippen MR) is 98.5 cm³/mol. The predicted octanol–water partition coefficient (Wildman–Crippen LogP) is 3.30. The molecule has 1 aliphatic rings. The molecule has 1 saturated heterocycles. The third-order valence-electron chi connectivity index (χ3n) is 3.46. The highest BCUT2D eigenvalue weighted by molar-refractivity contribution is 8.18. The van der Waals surface area contributed by atoms with Gasteiger partial charge in [-0.15, -0.1) is 0 Å². The molecule has 2 N–H and O–H groups in total. The molecule has 0 aliphatic carbocycles. The lowest BCUT2D eigenvalue weighted by Crippen LogP contribution is -2.19. The van der Waals surface area contributed by atoms with Crippen LogP contribution in [-0.2, 0) is 4.79 Å². The molecule has 128 valence electrons. The van der Waals surface area contributed by atoms with Crippen LogP contribution in [-0.4, -0.2) is 30.4 Å². The van der Waals surface area contributed by atoms with Crippen molar-refractivity contribution in [3.05, 3.63) is 52.9 Å². The Balaban J connectivity index is 1.85. The van der Waals surface area contributed by atoms with Crippen LogP contribution in [0.4, 0.5) is 5.69 Å². The molecule has 0 bridgehead atoms. The number of amides is 1. The molecule has 0 radical (unpaired) electrons. The molecule has 1 aliphatic heterocycles. The highest BCUT2D eigenvalue weighted by Gasteiger charge is 2.24. The third-order valence-corrected chi connectivity index (χ3v) is 4.37. The number of carbonyl (C=O) groups excluding carboxylic acids is 1. The largest absolute Gasteiger partial charge is 0.508 e. The molecule has 3 rings (SSSR count). The number of hydrogen-bond donors (Lipinski definition) is 2. The number of methoxy groups -OCH3 is 2. The third kappa shape index (κ3) is 3.95. The van der Waals surface area contributed by atoms with Gasteiger partial charge in [0.25, 0.3) is 5.91 Å². The van der Waals surface area contributed by atoms with Crippen LogP contribution in [0.1, 0.15) is 5.56 Å². The molecule has 6 nitrogen and oxygen atoms in total. The van der Waals surface area contributed by atoms with Crippen LogP contribution in [0, 0.1) is 0 Å². The molecule has 1 fully saturated rings. The smallest absolute Gasteiger partial charge is 0.264 e. The molecule has 0 aromatic heterocycles. The van der Waals surface area contributed by atoms with E-state index in [0.717, 1.165) is 5.56 Å².